The summed E-state index contributed by atoms with van der Waals surface area (Å²) in [6, 6.07) is 6.79. The number of rotatable bonds is 5. The van der Waals surface area contributed by atoms with Crippen molar-refractivity contribution < 1.29 is 0 Å². The molecule has 1 aromatic carbocycles. The molecule has 1 aliphatic rings. The zero-order valence-corrected chi connectivity index (χ0v) is 14.2. The lowest BCUT2D eigenvalue weighted by Gasteiger charge is -2.37. The number of benzene rings is 1. The Bertz CT molecular complexity index is 426. The molecule has 0 saturated carbocycles. The van der Waals surface area contributed by atoms with Gasteiger partial charge in [0.2, 0.25) is 0 Å². The van der Waals surface area contributed by atoms with Crippen LogP contribution in [0.5, 0.6) is 0 Å². The van der Waals surface area contributed by atoms with Gasteiger partial charge in [0.1, 0.15) is 0 Å². The molecule has 112 valence electrons. The second-order valence-corrected chi connectivity index (χ2v) is 6.70. The first kappa shape index (κ1) is 15.8. The highest BCUT2D eigenvalue weighted by Gasteiger charge is 2.19. The van der Waals surface area contributed by atoms with Crippen LogP contribution in [0.4, 0.5) is 5.69 Å². The number of hydrogen-bond donors (Lipinski definition) is 1. The fraction of sp³-hybridized carbons (Fsp3) is 0.625. The first-order chi connectivity index (χ1) is 9.60. The Morgan fingerprint density at radius 3 is 2.55 bits per heavy atom. The van der Waals surface area contributed by atoms with Crippen LogP contribution in [0.15, 0.2) is 22.7 Å². The predicted octanol–water partition coefficient (Wildman–Crippen LogP) is 2.87. The van der Waals surface area contributed by atoms with Crippen molar-refractivity contribution in [1.82, 2.24) is 4.90 Å². The number of nitrogens with zero attached hydrogens (tertiary/aromatic N) is 2. The van der Waals surface area contributed by atoms with E-state index in [1.165, 1.54) is 37.3 Å². The molecule has 1 heterocycles. The lowest BCUT2D eigenvalue weighted by Crippen LogP contribution is -2.46. The molecule has 1 saturated heterocycles. The van der Waals surface area contributed by atoms with E-state index < -0.39 is 0 Å². The van der Waals surface area contributed by atoms with Gasteiger partial charge in [-0.2, -0.15) is 0 Å². The summed E-state index contributed by atoms with van der Waals surface area (Å²) in [5, 5.41) is 0. The third-order valence-corrected chi connectivity index (χ3v) is 4.33. The average Bonchev–Trinajstić information content (AvgIpc) is 2.40. The third kappa shape index (κ3) is 4.21. The second-order valence-electron chi connectivity index (χ2n) is 5.78. The molecular weight excluding hydrogens is 314 g/mol. The largest absolute Gasteiger partial charge is 0.369 e. The van der Waals surface area contributed by atoms with Crippen LogP contribution in [0.2, 0.25) is 0 Å². The predicted molar refractivity (Wildman–Crippen MR) is 90.4 cm³/mol. The summed E-state index contributed by atoms with van der Waals surface area (Å²) in [7, 11) is 0. The van der Waals surface area contributed by atoms with Gasteiger partial charge in [0.15, 0.2) is 0 Å². The minimum atomic E-state index is 0.199. The van der Waals surface area contributed by atoms with Gasteiger partial charge in [-0.3, -0.25) is 4.90 Å². The van der Waals surface area contributed by atoms with Gasteiger partial charge in [0.05, 0.1) is 0 Å². The molecule has 4 heteroatoms. The number of anilines is 1. The first-order valence-electron chi connectivity index (χ1n) is 7.61. The molecule has 1 unspecified atom stereocenters. The quantitative estimate of drug-likeness (QED) is 0.895. The highest BCUT2D eigenvalue weighted by Crippen LogP contribution is 2.26. The van der Waals surface area contributed by atoms with E-state index in [0.717, 1.165) is 24.0 Å². The molecule has 2 N–H and O–H groups in total. The summed E-state index contributed by atoms with van der Waals surface area (Å²) in [4.78, 5) is 5.07. The van der Waals surface area contributed by atoms with Crippen molar-refractivity contribution in [2.75, 3.05) is 37.6 Å². The number of piperazine rings is 1. The smallest absolute Gasteiger partial charge is 0.0401 e. The number of hydrogen-bond acceptors (Lipinski definition) is 3. The summed E-state index contributed by atoms with van der Waals surface area (Å²) in [6.45, 7) is 10.1. The first-order valence-corrected chi connectivity index (χ1v) is 8.40. The molecule has 3 nitrogen and oxygen atoms in total. The maximum absolute atomic E-state index is 5.99. The van der Waals surface area contributed by atoms with Crippen LogP contribution in [0.3, 0.4) is 0 Å². The maximum Gasteiger partial charge on any atom is 0.0401 e. The second kappa shape index (κ2) is 7.43. The van der Waals surface area contributed by atoms with Gasteiger partial charge in [-0.1, -0.05) is 22.9 Å². The number of nitrogens with two attached hydrogens (primary N) is 1. The lowest BCUT2D eigenvalue weighted by molar-refractivity contribution is 0.258. The summed E-state index contributed by atoms with van der Waals surface area (Å²) >= 11 is 3.57. The zero-order valence-electron chi connectivity index (χ0n) is 12.6. The molecule has 0 aromatic heterocycles. The summed E-state index contributed by atoms with van der Waals surface area (Å²) < 4.78 is 1.14. The van der Waals surface area contributed by atoms with Crippen molar-refractivity contribution in [1.29, 1.82) is 0 Å². The fourth-order valence-electron chi connectivity index (χ4n) is 2.90. The molecule has 0 amide bonds. The minimum Gasteiger partial charge on any atom is -0.369 e. The average molecular weight is 340 g/mol. The molecule has 1 atom stereocenters. The molecular formula is C16H26BrN3. The fourth-order valence-corrected chi connectivity index (χ4v) is 3.31. The van der Waals surface area contributed by atoms with Crippen molar-refractivity contribution >= 4 is 21.6 Å². The SMILES string of the molecule is CCCN1CCN(c2ccc(Br)cc2CC(C)N)CC1. The van der Waals surface area contributed by atoms with Crippen LogP contribution in [0.1, 0.15) is 25.8 Å². The van der Waals surface area contributed by atoms with E-state index in [0.29, 0.717) is 0 Å². The normalized spacial score (nSPS) is 18.3. The molecule has 1 fully saturated rings. The molecule has 1 aromatic rings. The minimum absolute atomic E-state index is 0.199. The van der Waals surface area contributed by atoms with Crippen LogP contribution in [-0.4, -0.2) is 43.7 Å². The Morgan fingerprint density at radius 2 is 1.95 bits per heavy atom. The van der Waals surface area contributed by atoms with Crippen LogP contribution < -0.4 is 10.6 Å². The van der Waals surface area contributed by atoms with Crippen molar-refractivity contribution in [3.05, 3.63) is 28.2 Å². The highest BCUT2D eigenvalue weighted by molar-refractivity contribution is 9.10. The Morgan fingerprint density at radius 1 is 1.25 bits per heavy atom. The summed E-state index contributed by atoms with van der Waals surface area (Å²) in [5.41, 5.74) is 8.71. The van der Waals surface area contributed by atoms with Crippen LogP contribution in [0.25, 0.3) is 0 Å². The Kier molecular flexibility index (Phi) is 5.87. The van der Waals surface area contributed by atoms with E-state index in [2.05, 4.69) is 57.8 Å². The zero-order chi connectivity index (χ0) is 14.5. The van der Waals surface area contributed by atoms with Crippen LogP contribution >= 0.6 is 15.9 Å². The summed E-state index contributed by atoms with van der Waals surface area (Å²) in [5.74, 6) is 0. The lowest BCUT2D eigenvalue weighted by atomic mass is 10.0. The molecule has 0 radical (unpaired) electrons. The van der Waals surface area contributed by atoms with E-state index in [4.69, 9.17) is 5.73 Å². The third-order valence-electron chi connectivity index (χ3n) is 3.84. The van der Waals surface area contributed by atoms with Crippen molar-refractivity contribution in [2.45, 2.75) is 32.7 Å². The van der Waals surface area contributed by atoms with E-state index in [9.17, 15) is 0 Å². The van der Waals surface area contributed by atoms with Crippen molar-refractivity contribution in [2.24, 2.45) is 5.73 Å². The van der Waals surface area contributed by atoms with E-state index >= 15 is 0 Å². The van der Waals surface area contributed by atoms with Crippen molar-refractivity contribution in [3.8, 4) is 0 Å². The van der Waals surface area contributed by atoms with Gasteiger partial charge in [0.25, 0.3) is 0 Å². The van der Waals surface area contributed by atoms with Crippen molar-refractivity contribution in [3.63, 3.8) is 0 Å². The van der Waals surface area contributed by atoms with Gasteiger partial charge in [-0.25, -0.2) is 0 Å². The van der Waals surface area contributed by atoms with Gasteiger partial charge in [-0.15, -0.1) is 0 Å². The molecule has 0 bridgehead atoms. The maximum atomic E-state index is 5.99. The Labute approximate surface area is 131 Å². The van der Waals surface area contributed by atoms with E-state index in [-0.39, 0.29) is 6.04 Å². The van der Waals surface area contributed by atoms with Crippen LogP contribution in [-0.2, 0) is 6.42 Å². The van der Waals surface area contributed by atoms with Crippen LogP contribution in [0, 0.1) is 0 Å². The number of halogens is 1. The molecule has 0 spiro atoms. The van der Waals surface area contributed by atoms with Gasteiger partial charge < -0.3 is 10.6 Å². The Hall–Kier alpha value is -0.580. The topological polar surface area (TPSA) is 32.5 Å². The van der Waals surface area contributed by atoms with Gasteiger partial charge in [0, 0.05) is 42.4 Å². The molecule has 1 aliphatic heterocycles. The molecule has 20 heavy (non-hydrogen) atoms. The Balaban J connectivity index is 2.09. The van der Waals surface area contributed by atoms with E-state index in [1.54, 1.807) is 0 Å². The van der Waals surface area contributed by atoms with E-state index in [1.807, 2.05) is 0 Å². The molecule has 2 rings (SSSR count). The highest BCUT2D eigenvalue weighted by atomic mass is 79.9. The van der Waals surface area contributed by atoms with Gasteiger partial charge >= 0.3 is 0 Å². The standard InChI is InChI=1S/C16H26BrN3/c1-3-6-19-7-9-20(10-8-19)16-5-4-15(17)12-14(16)11-13(2)18/h4-5,12-13H,3,6-11,18H2,1-2H3. The summed E-state index contributed by atoms with van der Waals surface area (Å²) in [6.07, 6.45) is 2.18. The van der Waals surface area contributed by atoms with Gasteiger partial charge in [-0.05, 0) is 50.1 Å². The monoisotopic (exact) mass is 339 g/mol. The molecule has 0 aliphatic carbocycles.